The van der Waals surface area contributed by atoms with Crippen molar-refractivity contribution < 1.29 is 4.42 Å². The summed E-state index contributed by atoms with van der Waals surface area (Å²) < 4.78 is 6.75. The monoisotopic (exact) mass is 784 g/mol. The molecule has 0 bridgehead atoms. The predicted octanol–water partition coefficient (Wildman–Crippen LogP) is 17.5. The molecule has 0 N–H and O–H groups in total. The van der Waals surface area contributed by atoms with Gasteiger partial charge in [0.15, 0.2) is 0 Å². The molecule has 1 nitrogen and oxygen atoms in total. The van der Waals surface area contributed by atoms with Gasteiger partial charge in [0.1, 0.15) is 11.2 Å². The lowest BCUT2D eigenvalue weighted by atomic mass is 9.77. The van der Waals surface area contributed by atoms with Crippen molar-refractivity contribution in [1.29, 1.82) is 0 Å². The lowest BCUT2D eigenvalue weighted by Gasteiger charge is -2.27. The van der Waals surface area contributed by atoms with Gasteiger partial charge in [-0.1, -0.05) is 199 Å². The predicted molar refractivity (Wildman–Crippen MR) is 263 cm³/mol. The first-order chi connectivity index (χ1) is 29.5. The smallest absolute Gasteiger partial charge is 0.136 e. The van der Waals surface area contributed by atoms with Crippen molar-refractivity contribution in [2.45, 2.75) is 52.4 Å². The Bertz CT molecular complexity index is 3390. The number of hydrogen-bond donors (Lipinski definition) is 0. The molecule has 0 radical (unpaired) electrons. The summed E-state index contributed by atoms with van der Waals surface area (Å²) in [5.74, 6) is 0. The fraction of sp³-hybridized carbons (Fsp3) is 0.133. The van der Waals surface area contributed by atoms with Crippen molar-refractivity contribution in [2.24, 2.45) is 0 Å². The average molecular weight is 785 g/mol. The number of benzene rings is 10. The fourth-order valence-electron chi connectivity index (χ4n) is 9.83. The minimum atomic E-state index is 0.0136. The molecule has 0 aliphatic heterocycles. The first-order valence-corrected chi connectivity index (χ1v) is 21.6. The Kier molecular flexibility index (Phi) is 8.38. The van der Waals surface area contributed by atoms with Crippen LogP contribution in [-0.2, 0) is 10.8 Å². The SMILES string of the molecule is CC(C)(C)c1cc(-c2c3ccccc3c(-c3ccc4oc5cc(-c6c7ccccc7c(-c7ccccc7)c7ccccc67)ccc5c4c3)c3ccccc23)cc(C(C)(C)C)c1. The van der Waals surface area contributed by atoms with Crippen LogP contribution in [0.1, 0.15) is 52.7 Å². The quantitative estimate of drug-likeness (QED) is 0.162. The minimum absolute atomic E-state index is 0.0136. The van der Waals surface area contributed by atoms with Crippen LogP contribution in [0.5, 0.6) is 0 Å². The van der Waals surface area contributed by atoms with Gasteiger partial charge < -0.3 is 4.42 Å². The lowest BCUT2D eigenvalue weighted by molar-refractivity contribution is 0.569. The normalized spacial score (nSPS) is 12.4. The topological polar surface area (TPSA) is 13.1 Å². The second-order valence-electron chi connectivity index (χ2n) is 18.9. The molecule has 1 heterocycles. The van der Waals surface area contributed by atoms with E-state index in [1.165, 1.54) is 93.2 Å². The van der Waals surface area contributed by atoms with Crippen molar-refractivity contribution in [1.82, 2.24) is 0 Å². The maximum Gasteiger partial charge on any atom is 0.136 e. The summed E-state index contributed by atoms with van der Waals surface area (Å²) in [7, 11) is 0. The van der Waals surface area contributed by atoms with E-state index in [-0.39, 0.29) is 10.8 Å². The molecule has 1 aromatic heterocycles. The Labute approximate surface area is 357 Å². The van der Waals surface area contributed by atoms with Gasteiger partial charge in [-0.15, -0.1) is 0 Å². The summed E-state index contributed by atoms with van der Waals surface area (Å²) in [5, 5.41) is 12.2. The van der Waals surface area contributed by atoms with Gasteiger partial charge in [-0.2, -0.15) is 0 Å². The highest BCUT2D eigenvalue weighted by Gasteiger charge is 2.24. The van der Waals surface area contributed by atoms with E-state index >= 15 is 0 Å². The molecular formula is C60H48O. The Balaban J connectivity index is 1.11. The van der Waals surface area contributed by atoms with Gasteiger partial charge in [0.2, 0.25) is 0 Å². The van der Waals surface area contributed by atoms with E-state index in [2.05, 4.69) is 224 Å². The summed E-state index contributed by atoms with van der Waals surface area (Å²) in [6, 6.07) is 67.3. The van der Waals surface area contributed by atoms with Crippen LogP contribution < -0.4 is 0 Å². The van der Waals surface area contributed by atoms with Crippen LogP contribution >= 0.6 is 0 Å². The molecule has 10 aromatic carbocycles. The highest BCUT2D eigenvalue weighted by Crippen LogP contribution is 2.48. The highest BCUT2D eigenvalue weighted by molar-refractivity contribution is 6.24. The molecule has 11 aromatic rings. The van der Waals surface area contributed by atoms with Crippen LogP contribution in [0.25, 0.3) is 110 Å². The molecule has 294 valence electrons. The second-order valence-corrected chi connectivity index (χ2v) is 18.9. The van der Waals surface area contributed by atoms with Crippen molar-refractivity contribution in [2.75, 3.05) is 0 Å². The summed E-state index contributed by atoms with van der Waals surface area (Å²) in [5.41, 5.74) is 14.4. The Morgan fingerprint density at radius 3 is 1.08 bits per heavy atom. The molecule has 0 saturated carbocycles. The molecule has 0 saturated heterocycles. The second kappa shape index (κ2) is 13.8. The molecule has 0 aliphatic rings. The molecule has 11 rings (SSSR count). The molecule has 0 aliphatic carbocycles. The first kappa shape index (κ1) is 37.1. The summed E-state index contributed by atoms with van der Waals surface area (Å²) in [6.45, 7) is 13.9. The van der Waals surface area contributed by atoms with Gasteiger partial charge in [0.25, 0.3) is 0 Å². The zero-order valence-electron chi connectivity index (χ0n) is 35.7. The van der Waals surface area contributed by atoms with Gasteiger partial charge >= 0.3 is 0 Å². The molecule has 0 amide bonds. The maximum atomic E-state index is 6.75. The van der Waals surface area contributed by atoms with Crippen molar-refractivity contribution in [3.8, 4) is 44.5 Å². The van der Waals surface area contributed by atoms with E-state index in [1.807, 2.05) is 0 Å². The first-order valence-electron chi connectivity index (χ1n) is 21.6. The number of hydrogen-bond acceptors (Lipinski definition) is 1. The Morgan fingerprint density at radius 1 is 0.262 bits per heavy atom. The fourth-order valence-corrected chi connectivity index (χ4v) is 9.83. The Hall–Kier alpha value is -6.96. The van der Waals surface area contributed by atoms with Gasteiger partial charge in [-0.25, -0.2) is 0 Å². The van der Waals surface area contributed by atoms with E-state index in [4.69, 9.17) is 4.42 Å². The van der Waals surface area contributed by atoms with E-state index in [9.17, 15) is 0 Å². The summed E-state index contributed by atoms with van der Waals surface area (Å²) in [6.07, 6.45) is 0. The molecular weight excluding hydrogens is 737 g/mol. The highest BCUT2D eigenvalue weighted by atomic mass is 16.3. The van der Waals surface area contributed by atoms with Gasteiger partial charge in [-0.3, -0.25) is 0 Å². The van der Waals surface area contributed by atoms with Gasteiger partial charge in [0, 0.05) is 10.8 Å². The Morgan fingerprint density at radius 2 is 0.639 bits per heavy atom. The van der Waals surface area contributed by atoms with E-state index in [0.717, 1.165) is 27.5 Å². The van der Waals surface area contributed by atoms with E-state index < -0.39 is 0 Å². The third kappa shape index (κ3) is 6.06. The summed E-state index contributed by atoms with van der Waals surface area (Å²) in [4.78, 5) is 0. The van der Waals surface area contributed by atoms with Crippen LogP contribution in [0.3, 0.4) is 0 Å². The van der Waals surface area contributed by atoms with Crippen LogP contribution in [0.4, 0.5) is 0 Å². The molecule has 1 heteroatoms. The average Bonchev–Trinajstić information content (AvgIpc) is 3.64. The van der Waals surface area contributed by atoms with Crippen LogP contribution in [0, 0.1) is 0 Å². The van der Waals surface area contributed by atoms with Crippen molar-refractivity contribution in [3.63, 3.8) is 0 Å². The van der Waals surface area contributed by atoms with Crippen molar-refractivity contribution >= 4 is 65.0 Å². The van der Waals surface area contributed by atoms with Crippen molar-refractivity contribution in [3.05, 3.63) is 193 Å². The van der Waals surface area contributed by atoms with Crippen LogP contribution in [0.2, 0.25) is 0 Å². The number of furan rings is 1. The molecule has 0 fully saturated rings. The van der Waals surface area contributed by atoms with Gasteiger partial charge in [0.05, 0.1) is 0 Å². The molecule has 0 spiro atoms. The summed E-state index contributed by atoms with van der Waals surface area (Å²) >= 11 is 0. The molecule has 61 heavy (non-hydrogen) atoms. The maximum absolute atomic E-state index is 6.75. The third-order valence-corrected chi connectivity index (χ3v) is 12.9. The molecule has 0 unspecified atom stereocenters. The zero-order valence-corrected chi connectivity index (χ0v) is 35.7. The van der Waals surface area contributed by atoms with Crippen LogP contribution in [0.15, 0.2) is 186 Å². The number of fused-ring (bicyclic) bond motifs is 7. The standard InChI is InChI=1S/C60H48O/c1-59(2,3)41-32-40(33-42(36-41)60(4,5)6)58-50-26-16-14-24-48(50)56(49-25-15-17-27-51(49)58)38-29-31-53-52(34-38)43-30-28-39(35-54(43)61-53)57-46-22-12-10-20-44(46)55(37-18-8-7-9-19-37)45-21-11-13-23-47(45)57/h7-36H,1-6H3. The van der Waals surface area contributed by atoms with Crippen LogP contribution in [-0.4, -0.2) is 0 Å². The largest absolute Gasteiger partial charge is 0.456 e. The lowest BCUT2D eigenvalue weighted by Crippen LogP contribution is -2.16. The zero-order chi connectivity index (χ0) is 41.6. The number of rotatable bonds is 4. The third-order valence-electron chi connectivity index (χ3n) is 12.9. The minimum Gasteiger partial charge on any atom is -0.456 e. The van der Waals surface area contributed by atoms with E-state index in [0.29, 0.717) is 0 Å². The van der Waals surface area contributed by atoms with Gasteiger partial charge in [-0.05, 0) is 134 Å². The molecule has 0 atom stereocenters. The van der Waals surface area contributed by atoms with E-state index in [1.54, 1.807) is 0 Å².